The van der Waals surface area contributed by atoms with Gasteiger partial charge in [-0.1, -0.05) is 6.07 Å². The number of nitrogen functional groups attached to an aromatic ring is 1. The SMILES string of the molecule is Cc1ccc2nc(N)n(CCCNS(C)(=O)=O)c2c1. The number of benzene rings is 1. The first kappa shape index (κ1) is 13.8. The molecule has 7 heteroatoms. The second kappa shape index (κ2) is 5.18. The Kier molecular flexibility index (Phi) is 3.77. The zero-order valence-electron chi connectivity index (χ0n) is 11.0. The highest BCUT2D eigenvalue weighted by molar-refractivity contribution is 7.88. The van der Waals surface area contributed by atoms with Gasteiger partial charge in [-0.3, -0.25) is 0 Å². The monoisotopic (exact) mass is 282 g/mol. The Bertz CT molecular complexity index is 691. The Morgan fingerprint density at radius 3 is 2.84 bits per heavy atom. The lowest BCUT2D eigenvalue weighted by Gasteiger charge is -2.07. The zero-order chi connectivity index (χ0) is 14.0. The maximum Gasteiger partial charge on any atom is 0.208 e. The summed E-state index contributed by atoms with van der Waals surface area (Å²) in [5.74, 6) is 0.458. The summed E-state index contributed by atoms with van der Waals surface area (Å²) in [5, 5.41) is 0. The van der Waals surface area contributed by atoms with Crippen LogP contribution in [0.3, 0.4) is 0 Å². The zero-order valence-corrected chi connectivity index (χ0v) is 11.9. The van der Waals surface area contributed by atoms with Crippen LogP contribution in [0.15, 0.2) is 18.2 Å². The number of hydrogen-bond acceptors (Lipinski definition) is 4. The summed E-state index contributed by atoms with van der Waals surface area (Å²) in [5.41, 5.74) is 8.87. The molecule has 3 N–H and O–H groups in total. The van der Waals surface area contributed by atoms with Crippen LogP contribution < -0.4 is 10.5 Å². The number of imidazole rings is 1. The molecule has 1 heterocycles. The molecule has 0 bridgehead atoms. The van der Waals surface area contributed by atoms with Crippen LogP contribution in [0, 0.1) is 6.92 Å². The summed E-state index contributed by atoms with van der Waals surface area (Å²) in [6.07, 6.45) is 1.81. The van der Waals surface area contributed by atoms with Crippen molar-refractivity contribution < 1.29 is 8.42 Å². The number of hydrogen-bond donors (Lipinski definition) is 2. The molecule has 0 unspecified atom stereocenters. The standard InChI is InChI=1S/C12H18N4O2S/c1-9-4-5-10-11(8-9)16(12(13)15-10)7-3-6-14-19(2,17)18/h4-5,8,14H,3,6-7H2,1-2H3,(H2,13,15). The summed E-state index contributed by atoms with van der Waals surface area (Å²) >= 11 is 0. The minimum atomic E-state index is -3.13. The molecule has 6 nitrogen and oxygen atoms in total. The van der Waals surface area contributed by atoms with Crippen LogP contribution >= 0.6 is 0 Å². The van der Waals surface area contributed by atoms with E-state index in [1.165, 1.54) is 0 Å². The van der Waals surface area contributed by atoms with Crippen molar-refractivity contribution >= 4 is 27.0 Å². The van der Waals surface area contributed by atoms with E-state index >= 15 is 0 Å². The van der Waals surface area contributed by atoms with E-state index in [1.54, 1.807) is 0 Å². The molecule has 0 aliphatic carbocycles. The number of nitrogens with two attached hydrogens (primary N) is 1. The highest BCUT2D eigenvalue weighted by atomic mass is 32.2. The molecule has 19 heavy (non-hydrogen) atoms. The predicted molar refractivity (Wildman–Crippen MR) is 76.3 cm³/mol. The first-order valence-corrected chi connectivity index (χ1v) is 7.93. The maximum atomic E-state index is 11.0. The molecule has 0 atom stereocenters. The Morgan fingerprint density at radius 1 is 1.42 bits per heavy atom. The van der Waals surface area contributed by atoms with Crippen molar-refractivity contribution in [2.45, 2.75) is 19.9 Å². The van der Waals surface area contributed by atoms with Crippen LogP contribution in [-0.2, 0) is 16.6 Å². The van der Waals surface area contributed by atoms with Gasteiger partial charge >= 0.3 is 0 Å². The van der Waals surface area contributed by atoms with Gasteiger partial charge in [0.25, 0.3) is 0 Å². The van der Waals surface area contributed by atoms with Gasteiger partial charge in [-0.25, -0.2) is 18.1 Å². The lowest BCUT2D eigenvalue weighted by molar-refractivity contribution is 0.578. The molecule has 2 aromatic rings. The summed E-state index contributed by atoms with van der Waals surface area (Å²) in [7, 11) is -3.13. The fourth-order valence-corrected chi connectivity index (χ4v) is 2.50. The molecule has 104 valence electrons. The van der Waals surface area contributed by atoms with E-state index in [0.717, 1.165) is 22.9 Å². The van der Waals surface area contributed by atoms with E-state index in [4.69, 9.17) is 5.73 Å². The average Bonchev–Trinajstić information content (AvgIpc) is 2.59. The highest BCUT2D eigenvalue weighted by Gasteiger charge is 2.08. The summed E-state index contributed by atoms with van der Waals surface area (Å²) in [4.78, 5) is 4.28. The third-order valence-corrected chi connectivity index (χ3v) is 3.58. The molecule has 0 aliphatic heterocycles. The normalized spacial score (nSPS) is 12.1. The van der Waals surface area contributed by atoms with Gasteiger partial charge in [-0.05, 0) is 31.0 Å². The van der Waals surface area contributed by atoms with Crippen LogP contribution in [0.2, 0.25) is 0 Å². The lowest BCUT2D eigenvalue weighted by Crippen LogP contribution is -2.24. The van der Waals surface area contributed by atoms with Crippen molar-refractivity contribution in [1.82, 2.24) is 14.3 Å². The topological polar surface area (TPSA) is 90.0 Å². The van der Waals surface area contributed by atoms with E-state index in [-0.39, 0.29) is 0 Å². The number of sulfonamides is 1. The summed E-state index contributed by atoms with van der Waals surface area (Å²) < 4.78 is 26.3. The van der Waals surface area contributed by atoms with Gasteiger partial charge in [0.1, 0.15) is 0 Å². The molecule has 1 aromatic heterocycles. The highest BCUT2D eigenvalue weighted by Crippen LogP contribution is 2.19. The first-order chi connectivity index (χ1) is 8.87. The maximum absolute atomic E-state index is 11.0. The molecule has 0 aliphatic rings. The quantitative estimate of drug-likeness (QED) is 0.796. The van der Waals surface area contributed by atoms with E-state index < -0.39 is 10.0 Å². The van der Waals surface area contributed by atoms with Gasteiger partial charge in [-0.15, -0.1) is 0 Å². The Balaban J connectivity index is 2.12. The van der Waals surface area contributed by atoms with Gasteiger partial charge in [0, 0.05) is 13.1 Å². The minimum Gasteiger partial charge on any atom is -0.369 e. The third-order valence-electron chi connectivity index (χ3n) is 2.86. The number of aryl methyl sites for hydroxylation is 2. The number of nitrogens with one attached hydrogen (secondary N) is 1. The van der Waals surface area contributed by atoms with Crippen molar-refractivity contribution in [2.24, 2.45) is 0 Å². The van der Waals surface area contributed by atoms with Crippen LogP contribution in [0.1, 0.15) is 12.0 Å². The second-order valence-corrected chi connectivity index (χ2v) is 6.47. The van der Waals surface area contributed by atoms with Crippen molar-refractivity contribution in [1.29, 1.82) is 0 Å². The minimum absolute atomic E-state index is 0.393. The first-order valence-electron chi connectivity index (χ1n) is 6.04. The van der Waals surface area contributed by atoms with E-state index in [0.29, 0.717) is 25.5 Å². The molecule has 0 fully saturated rings. The molecule has 0 saturated carbocycles. The van der Waals surface area contributed by atoms with Crippen LogP contribution in [0.25, 0.3) is 11.0 Å². The van der Waals surface area contributed by atoms with Crippen LogP contribution in [0.5, 0.6) is 0 Å². The molecule has 0 spiro atoms. The largest absolute Gasteiger partial charge is 0.369 e. The van der Waals surface area contributed by atoms with Gasteiger partial charge in [0.05, 0.1) is 17.3 Å². The summed E-state index contributed by atoms with van der Waals surface area (Å²) in [6, 6.07) is 5.96. The number of rotatable bonds is 5. The number of anilines is 1. The lowest BCUT2D eigenvalue weighted by atomic mass is 10.2. The second-order valence-electron chi connectivity index (χ2n) is 4.63. The molecule has 0 radical (unpaired) electrons. The number of fused-ring (bicyclic) bond motifs is 1. The van der Waals surface area contributed by atoms with E-state index in [1.807, 2.05) is 29.7 Å². The van der Waals surface area contributed by atoms with Gasteiger partial charge < -0.3 is 10.3 Å². The molecule has 0 amide bonds. The average molecular weight is 282 g/mol. The molecule has 1 aromatic carbocycles. The smallest absolute Gasteiger partial charge is 0.208 e. The van der Waals surface area contributed by atoms with Crippen molar-refractivity contribution in [3.63, 3.8) is 0 Å². The van der Waals surface area contributed by atoms with Gasteiger partial charge in [0.15, 0.2) is 0 Å². The molecule has 2 rings (SSSR count). The molecular formula is C12H18N4O2S. The van der Waals surface area contributed by atoms with Crippen LogP contribution in [0.4, 0.5) is 5.95 Å². The van der Waals surface area contributed by atoms with Crippen molar-refractivity contribution in [3.05, 3.63) is 23.8 Å². The van der Waals surface area contributed by atoms with Gasteiger partial charge in [0.2, 0.25) is 16.0 Å². The summed E-state index contributed by atoms with van der Waals surface area (Å²) in [6.45, 7) is 3.04. The van der Waals surface area contributed by atoms with Crippen molar-refractivity contribution in [3.8, 4) is 0 Å². The Hall–Kier alpha value is -1.60. The van der Waals surface area contributed by atoms with E-state index in [9.17, 15) is 8.42 Å². The number of nitrogens with zero attached hydrogens (tertiary/aromatic N) is 2. The van der Waals surface area contributed by atoms with Gasteiger partial charge in [-0.2, -0.15) is 0 Å². The Labute approximate surface area is 112 Å². The van der Waals surface area contributed by atoms with Crippen LogP contribution in [-0.4, -0.2) is 30.8 Å². The fourth-order valence-electron chi connectivity index (χ4n) is 1.98. The molecule has 0 saturated heterocycles. The van der Waals surface area contributed by atoms with Crippen molar-refractivity contribution in [2.75, 3.05) is 18.5 Å². The molecular weight excluding hydrogens is 264 g/mol. The number of aromatic nitrogens is 2. The predicted octanol–water partition coefficient (Wildman–Crippen LogP) is 0.866. The fraction of sp³-hybridized carbons (Fsp3) is 0.417. The Morgan fingerprint density at radius 2 is 2.16 bits per heavy atom. The van der Waals surface area contributed by atoms with E-state index in [2.05, 4.69) is 9.71 Å². The third kappa shape index (κ3) is 3.45.